The summed E-state index contributed by atoms with van der Waals surface area (Å²) in [6.45, 7) is 8.48. The predicted molar refractivity (Wildman–Crippen MR) is 61.3 cm³/mol. The fourth-order valence-corrected chi connectivity index (χ4v) is 1.38. The molecular formula is C12H18N2O2. The lowest BCUT2D eigenvalue weighted by Crippen LogP contribution is -2.36. The SMILES string of the molecule is CC(=O)C(C)(O)Cc1nc(C)c(C)nc1C. The minimum Gasteiger partial charge on any atom is -0.382 e. The fraction of sp³-hybridized carbons (Fsp3) is 0.583. The number of carbonyl (C=O) groups excluding carboxylic acids is 1. The van der Waals surface area contributed by atoms with Gasteiger partial charge in [0.25, 0.3) is 0 Å². The van der Waals surface area contributed by atoms with E-state index in [-0.39, 0.29) is 12.2 Å². The molecule has 1 N–H and O–H groups in total. The molecule has 0 radical (unpaired) electrons. The number of hydrogen-bond donors (Lipinski definition) is 1. The third kappa shape index (κ3) is 2.64. The van der Waals surface area contributed by atoms with Gasteiger partial charge in [-0.15, -0.1) is 0 Å². The van der Waals surface area contributed by atoms with E-state index in [1.165, 1.54) is 13.8 Å². The molecule has 0 fully saturated rings. The number of aliphatic hydroxyl groups is 1. The molecule has 1 heterocycles. The number of hydrogen-bond acceptors (Lipinski definition) is 4. The molecule has 88 valence electrons. The van der Waals surface area contributed by atoms with Crippen LogP contribution >= 0.6 is 0 Å². The molecule has 1 aromatic rings. The number of aromatic nitrogens is 2. The molecule has 0 spiro atoms. The first-order valence-corrected chi connectivity index (χ1v) is 5.28. The number of aryl methyl sites for hydroxylation is 3. The lowest BCUT2D eigenvalue weighted by Gasteiger charge is -2.20. The Morgan fingerprint density at radius 1 is 1.19 bits per heavy atom. The fourth-order valence-electron chi connectivity index (χ4n) is 1.38. The van der Waals surface area contributed by atoms with Gasteiger partial charge in [0.2, 0.25) is 0 Å². The Labute approximate surface area is 95.7 Å². The maximum Gasteiger partial charge on any atom is 0.161 e. The van der Waals surface area contributed by atoms with Crippen LogP contribution in [-0.4, -0.2) is 26.5 Å². The second-order valence-corrected chi connectivity index (χ2v) is 4.43. The van der Waals surface area contributed by atoms with Gasteiger partial charge in [0.15, 0.2) is 5.78 Å². The zero-order chi connectivity index (χ0) is 12.5. The maximum absolute atomic E-state index is 11.2. The van der Waals surface area contributed by atoms with Crippen molar-refractivity contribution in [3.8, 4) is 0 Å². The summed E-state index contributed by atoms with van der Waals surface area (Å²) in [4.78, 5) is 19.9. The highest BCUT2D eigenvalue weighted by Gasteiger charge is 2.28. The van der Waals surface area contributed by atoms with Crippen LogP contribution in [0, 0.1) is 20.8 Å². The zero-order valence-corrected chi connectivity index (χ0v) is 10.5. The summed E-state index contributed by atoms with van der Waals surface area (Å²) >= 11 is 0. The molecular weight excluding hydrogens is 204 g/mol. The summed E-state index contributed by atoms with van der Waals surface area (Å²) in [7, 11) is 0. The van der Waals surface area contributed by atoms with E-state index < -0.39 is 5.60 Å². The smallest absolute Gasteiger partial charge is 0.161 e. The second-order valence-electron chi connectivity index (χ2n) is 4.43. The van der Waals surface area contributed by atoms with Gasteiger partial charge in [-0.3, -0.25) is 14.8 Å². The van der Waals surface area contributed by atoms with E-state index in [1.807, 2.05) is 20.8 Å². The Morgan fingerprint density at radius 2 is 1.69 bits per heavy atom. The summed E-state index contributed by atoms with van der Waals surface area (Å²) in [5.74, 6) is -0.257. The van der Waals surface area contributed by atoms with Gasteiger partial charge in [0.1, 0.15) is 5.60 Å². The number of nitrogens with zero attached hydrogens (tertiary/aromatic N) is 2. The quantitative estimate of drug-likeness (QED) is 0.837. The Balaban J connectivity index is 3.07. The van der Waals surface area contributed by atoms with Crippen LogP contribution in [0.4, 0.5) is 0 Å². The highest BCUT2D eigenvalue weighted by molar-refractivity contribution is 5.84. The molecule has 16 heavy (non-hydrogen) atoms. The van der Waals surface area contributed by atoms with Crippen molar-refractivity contribution in [1.82, 2.24) is 9.97 Å². The van der Waals surface area contributed by atoms with Gasteiger partial charge in [-0.05, 0) is 34.6 Å². The monoisotopic (exact) mass is 222 g/mol. The van der Waals surface area contributed by atoms with Crippen LogP contribution in [0.25, 0.3) is 0 Å². The van der Waals surface area contributed by atoms with Crippen LogP contribution < -0.4 is 0 Å². The normalized spacial score (nSPS) is 14.6. The van der Waals surface area contributed by atoms with E-state index in [2.05, 4.69) is 9.97 Å². The molecule has 0 aliphatic rings. The average molecular weight is 222 g/mol. The second kappa shape index (κ2) is 4.29. The van der Waals surface area contributed by atoms with Gasteiger partial charge in [-0.2, -0.15) is 0 Å². The van der Waals surface area contributed by atoms with Crippen molar-refractivity contribution in [1.29, 1.82) is 0 Å². The first-order valence-electron chi connectivity index (χ1n) is 5.28. The maximum atomic E-state index is 11.2. The first kappa shape index (κ1) is 12.8. The summed E-state index contributed by atoms with van der Waals surface area (Å²) in [6.07, 6.45) is 0.211. The van der Waals surface area contributed by atoms with E-state index in [4.69, 9.17) is 0 Å². The van der Waals surface area contributed by atoms with Gasteiger partial charge < -0.3 is 5.11 Å². The average Bonchev–Trinajstić information content (AvgIpc) is 2.13. The van der Waals surface area contributed by atoms with Gasteiger partial charge in [0, 0.05) is 6.42 Å². The molecule has 0 amide bonds. The molecule has 0 saturated heterocycles. The molecule has 4 nitrogen and oxygen atoms in total. The van der Waals surface area contributed by atoms with Gasteiger partial charge >= 0.3 is 0 Å². The summed E-state index contributed by atoms with van der Waals surface area (Å²) < 4.78 is 0. The molecule has 4 heteroatoms. The van der Waals surface area contributed by atoms with Crippen LogP contribution in [0.15, 0.2) is 0 Å². The summed E-state index contributed by atoms with van der Waals surface area (Å²) in [5.41, 5.74) is 1.80. The molecule has 1 aromatic heterocycles. The number of ketones is 1. The van der Waals surface area contributed by atoms with Crippen molar-refractivity contribution in [3.05, 3.63) is 22.8 Å². The van der Waals surface area contributed by atoms with E-state index in [0.29, 0.717) is 5.69 Å². The third-order valence-corrected chi connectivity index (χ3v) is 2.85. The number of rotatable bonds is 3. The topological polar surface area (TPSA) is 63.1 Å². The minimum atomic E-state index is -1.36. The zero-order valence-electron chi connectivity index (χ0n) is 10.5. The lowest BCUT2D eigenvalue weighted by molar-refractivity contribution is -0.133. The molecule has 1 unspecified atom stereocenters. The highest BCUT2D eigenvalue weighted by Crippen LogP contribution is 2.16. The van der Waals surface area contributed by atoms with Crippen molar-refractivity contribution in [2.45, 2.75) is 46.6 Å². The van der Waals surface area contributed by atoms with Crippen molar-refractivity contribution in [2.24, 2.45) is 0 Å². The minimum absolute atomic E-state index is 0.211. The molecule has 0 aliphatic carbocycles. The first-order chi connectivity index (χ1) is 7.24. The highest BCUT2D eigenvalue weighted by atomic mass is 16.3. The molecule has 1 rings (SSSR count). The Hall–Kier alpha value is -1.29. The molecule has 0 aliphatic heterocycles. The Kier molecular flexibility index (Phi) is 3.43. The summed E-state index contributed by atoms with van der Waals surface area (Å²) in [5, 5.41) is 9.91. The van der Waals surface area contributed by atoms with Gasteiger partial charge in [-0.25, -0.2) is 0 Å². The third-order valence-electron chi connectivity index (χ3n) is 2.85. The van der Waals surface area contributed by atoms with Crippen LogP contribution in [0.5, 0.6) is 0 Å². The molecule has 1 atom stereocenters. The standard InChI is InChI=1S/C12H18N2O2/c1-7-8(2)14-11(9(3)13-7)6-12(5,16)10(4)15/h16H,6H2,1-5H3. The number of carbonyl (C=O) groups is 1. The Morgan fingerprint density at radius 3 is 2.19 bits per heavy atom. The number of Topliss-reactive ketones (excluding diaryl/α,β-unsaturated/α-hetero) is 1. The van der Waals surface area contributed by atoms with E-state index >= 15 is 0 Å². The van der Waals surface area contributed by atoms with E-state index in [9.17, 15) is 9.90 Å². The van der Waals surface area contributed by atoms with Gasteiger partial charge in [0.05, 0.1) is 22.8 Å². The van der Waals surface area contributed by atoms with Crippen molar-refractivity contribution < 1.29 is 9.90 Å². The predicted octanol–water partition coefficient (Wildman–Crippen LogP) is 1.28. The lowest BCUT2D eigenvalue weighted by atomic mass is 9.95. The van der Waals surface area contributed by atoms with Crippen molar-refractivity contribution in [2.75, 3.05) is 0 Å². The van der Waals surface area contributed by atoms with E-state index in [0.717, 1.165) is 17.1 Å². The molecule has 0 saturated carbocycles. The van der Waals surface area contributed by atoms with Gasteiger partial charge in [-0.1, -0.05) is 0 Å². The summed E-state index contributed by atoms with van der Waals surface area (Å²) in [6, 6.07) is 0. The van der Waals surface area contributed by atoms with Crippen LogP contribution in [-0.2, 0) is 11.2 Å². The molecule has 0 bridgehead atoms. The van der Waals surface area contributed by atoms with Crippen LogP contribution in [0.1, 0.15) is 36.6 Å². The van der Waals surface area contributed by atoms with Crippen molar-refractivity contribution >= 4 is 5.78 Å². The van der Waals surface area contributed by atoms with Crippen molar-refractivity contribution in [3.63, 3.8) is 0 Å². The van der Waals surface area contributed by atoms with Crippen LogP contribution in [0.3, 0.4) is 0 Å². The Bertz CT molecular complexity index is 425. The van der Waals surface area contributed by atoms with E-state index in [1.54, 1.807) is 0 Å². The van der Waals surface area contributed by atoms with Crippen LogP contribution in [0.2, 0.25) is 0 Å². The largest absolute Gasteiger partial charge is 0.382 e. The molecule has 0 aromatic carbocycles.